The van der Waals surface area contributed by atoms with Crippen LogP contribution in [0.5, 0.6) is 5.75 Å². The van der Waals surface area contributed by atoms with Gasteiger partial charge in [-0.05, 0) is 36.6 Å². The molecule has 0 radical (unpaired) electrons. The predicted octanol–water partition coefficient (Wildman–Crippen LogP) is -0.432. The van der Waals surface area contributed by atoms with Gasteiger partial charge in [-0.1, -0.05) is 46.3 Å². The number of aromatic hydroxyl groups is 1. The number of phenols is 1. The summed E-state index contributed by atoms with van der Waals surface area (Å²) < 4.78 is 0. The summed E-state index contributed by atoms with van der Waals surface area (Å²) in [5, 5.41) is 23.5. The monoisotopic (exact) mass is 369 g/mol. The number of nitrogens with one attached hydrogen (secondary N) is 1. The second-order valence-corrected chi connectivity index (χ2v) is 6.32. The third-order valence-corrected chi connectivity index (χ3v) is 4.11. The zero-order valence-corrected chi connectivity index (χ0v) is 14.5. The van der Waals surface area contributed by atoms with Gasteiger partial charge in [-0.2, -0.15) is 0 Å². The second kappa shape index (κ2) is 9.67. The number of hydrogen-bond donors (Lipinski definition) is 2. The van der Waals surface area contributed by atoms with Crippen LogP contribution in [-0.4, -0.2) is 22.4 Å². The number of hydrogen-bond acceptors (Lipinski definition) is 4. The van der Waals surface area contributed by atoms with E-state index in [1.807, 2.05) is 18.2 Å². The van der Waals surface area contributed by atoms with E-state index in [2.05, 4.69) is 33.4 Å². The Labute approximate surface area is 156 Å². The molecule has 0 saturated carbocycles. The number of carbonyl (C=O) groups excluding carboxylic acids is 1. The van der Waals surface area contributed by atoms with Crippen LogP contribution in [0, 0.1) is 0 Å². The largest absolute Gasteiger partial charge is 1.00 e. The average molecular weight is 370 g/mol. The zero-order valence-electron chi connectivity index (χ0n) is 13.0. The molecule has 2 rings (SSSR count). The first kappa shape index (κ1) is 19.6. The van der Waals surface area contributed by atoms with Gasteiger partial charge in [0.25, 0.3) is 0 Å². The first-order valence-corrected chi connectivity index (χ1v) is 7.94. The summed E-state index contributed by atoms with van der Waals surface area (Å²) in [5.74, 6) is -1.68. The normalized spacial score (nSPS) is 11.3. The van der Waals surface area contributed by atoms with Crippen LogP contribution < -0.4 is 29.3 Å². The fraction of sp³-hybridized carbons (Fsp3) is 0.235. The van der Waals surface area contributed by atoms with E-state index in [-0.39, 0.29) is 35.0 Å². The standard InChI is InChI=1S/C17H18BrNO3.Li/c18-13(7-6-12-4-2-1-3-5-12)11-19-14-8-9-16(20)15(10-14)17(21)22;/h1-5,8-10,13,19-20H,6-7,11H2,(H,21,22);/q;+1/p-1. The molecule has 0 amide bonds. The molecule has 2 aromatic rings. The number of aromatic carboxylic acids is 1. The van der Waals surface area contributed by atoms with Crippen molar-refractivity contribution in [2.75, 3.05) is 11.9 Å². The maximum absolute atomic E-state index is 10.9. The van der Waals surface area contributed by atoms with Gasteiger partial charge in [0.05, 0.1) is 5.97 Å². The molecule has 1 unspecified atom stereocenters. The molecule has 0 fully saturated rings. The van der Waals surface area contributed by atoms with Crippen LogP contribution >= 0.6 is 15.9 Å². The van der Waals surface area contributed by atoms with E-state index in [1.165, 1.54) is 17.7 Å². The van der Waals surface area contributed by atoms with Crippen molar-refractivity contribution in [1.82, 2.24) is 0 Å². The smallest absolute Gasteiger partial charge is 0.545 e. The molecule has 0 aromatic heterocycles. The average Bonchev–Trinajstić information content (AvgIpc) is 2.53. The summed E-state index contributed by atoms with van der Waals surface area (Å²) in [4.78, 5) is 11.1. The molecule has 0 aliphatic carbocycles. The summed E-state index contributed by atoms with van der Waals surface area (Å²) in [5.41, 5.74) is 1.72. The molecular formula is C17H17BrLiNO3. The Kier molecular flexibility index (Phi) is 8.25. The Hall–Kier alpha value is -1.41. The number of halogens is 1. The van der Waals surface area contributed by atoms with E-state index in [4.69, 9.17) is 0 Å². The fourth-order valence-electron chi connectivity index (χ4n) is 2.11. The summed E-state index contributed by atoms with van der Waals surface area (Å²) in [7, 11) is 0. The van der Waals surface area contributed by atoms with Gasteiger partial charge in [-0.15, -0.1) is 0 Å². The molecule has 23 heavy (non-hydrogen) atoms. The fourth-order valence-corrected chi connectivity index (χ4v) is 2.50. The van der Waals surface area contributed by atoms with Crippen molar-refractivity contribution in [3.05, 3.63) is 59.7 Å². The first-order chi connectivity index (χ1) is 10.6. The van der Waals surface area contributed by atoms with Gasteiger partial charge in [0.15, 0.2) is 0 Å². The van der Waals surface area contributed by atoms with Crippen LogP contribution in [-0.2, 0) is 6.42 Å². The van der Waals surface area contributed by atoms with Crippen molar-refractivity contribution in [2.45, 2.75) is 17.7 Å². The van der Waals surface area contributed by atoms with Gasteiger partial charge in [-0.3, -0.25) is 0 Å². The molecule has 2 N–H and O–H groups in total. The number of alkyl halides is 1. The van der Waals surface area contributed by atoms with E-state index in [1.54, 1.807) is 6.07 Å². The van der Waals surface area contributed by atoms with Gasteiger partial charge in [0.2, 0.25) is 0 Å². The first-order valence-electron chi connectivity index (χ1n) is 7.02. The van der Waals surface area contributed by atoms with Crippen molar-refractivity contribution in [3.63, 3.8) is 0 Å². The van der Waals surface area contributed by atoms with E-state index in [0.29, 0.717) is 12.2 Å². The SMILES string of the molecule is O=C([O-])c1cc(NCC(Br)CCc2ccccc2)ccc1O.[Li+]. The summed E-state index contributed by atoms with van der Waals surface area (Å²) in [6.07, 6.45) is 1.93. The Balaban J connectivity index is 0.00000264. The van der Waals surface area contributed by atoms with Gasteiger partial charge in [-0.25, -0.2) is 0 Å². The van der Waals surface area contributed by atoms with E-state index in [9.17, 15) is 15.0 Å². The summed E-state index contributed by atoms with van der Waals surface area (Å²) in [6, 6.07) is 14.6. The molecule has 1 atom stereocenters. The van der Waals surface area contributed by atoms with E-state index >= 15 is 0 Å². The molecule has 0 aliphatic rings. The molecule has 4 nitrogen and oxygen atoms in total. The number of carboxylic acids is 1. The van der Waals surface area contributed by atoms with Crippen LogP contribution in [0.2, 0.25) is 0 Å². The maximum Gasteiger partial charge on any atom is 1.00 e. The van der Waals surface area contributed by atoms with Crippen LogP contribution in [0.1, 0.15) is 22.3 Å². The minimum atomic E-state index is -1.39. The van der Waals surface area contributed by atoms with Gasteiger partial charge < -0.3 is 20.3 Å². The Morgan fingerprint density at radius 1 is 1.22 bits per heavy atom. The molecule has 6 heteroatoms. The Morgan fingerprint density at radius 2 is 1.91 bits per heavy atom. The number of benzene rings is 2. The third kappa shape index (κ3) is 6.31. The van der Waals surface area contributed by atoms with Crippen molar-refractivity contribution in [2.24, 2.45) is 0 Å². The third-order valence-electron chi connectivity index (χ3n) is 3.33. The van der Waals surface area contributed by atoms with Gasteiger partial charge in [0.1, 0.15) is 5.75 Å². The number of carbonyl (C=O) groups is 1. The molecule has 116 valence electrons. The molecule has 0 heterocycles. The number of aryl methyl sites for hydroxylation is 1. The number of anilines is 1. The molecule has 2 aromatic carbocycles. The van der Waals surface area contributed by atoms with Crippen molar-refractivity contribution in [3.8, 4) is 5.75 Å². The van der Waals surface area contributed by atoms with Crippen molar-refractivity contribution >= 4 is 27.6 Å². The molecule has 0 saturated heterocycles. The molecule has 0 aliphatic heterocycles. The molecule has 0 spiro atoms. The summed E-state index contributed by atoms with van der Waals surface area (Å²) in [6.45, 7) is 0.657. The zero-order chi connectivity index (χ0) is 15.9. The summed E-state index contributed by atoms with van der Waals surface area (Å²) >= 11 is 3.61. The van der Waals surface area contributed by atoms with E-state index < -0.39 is 5.97 Å². The van der Waals surface area contributed by atoms with Crippen molar-refractivity contribution < 1.29 is 33.9 Å². The van der Waals surface area contributed by atoms with Gasteiger partial charge in [0, 0.05) is 22.6 Å². The Bertz CT molecular complexity index is 637. The van der Waals surface area contributed by atoms with Gasteiger partial charge >= 0.3 is 18.9 Å². The van der Waals surface area contributed by atoms with Crippen molar-refractivity contribution in [1.29, 1.82) is 0 Å². The second-order valence-electron chi connectivity index (χ2n) is 5.02. The quantitative estimate of drug-likeness (QED) is 0.394. The minimum absolute atomic E-state index is 0. The number of carboxylic acid groups (broad SMARTS) is 1. The van der Waals surface area contributed by atoms with Crippen LogP contribution in [0.25, 0.3) is 0 Å². The predicted molar refractivity (Wildman–Crippen MR) is 88.4 cm³/mol. The maximum atomic E-state index is 10.9. The molecule has 0 bridgehead atoms. The Morgan fingerprint density at radius 3 is 2.57 bits per heavy atom. The van der Waals surface area contributed by atoms with Crippen LogP contribution in [0.15, 0.2) is 48.5 Å². The van der Waals surface area contributed by atoms with Crippen LogP contribution in [0.3, 0.4) is 0 Å². The number of rotatable bonds is 7. The van der Waals surface area contributed by atoms with Crippen LogP contribution in [0.4, 0.5) is 5.69 Å². The van der Waals surface area contributed by atoms with E-state index in [0.717, 1.165) is 12.8 Å². The topological polar surface area (TPSA) is 72.4 Å². The minimum Gasteiger partial charge on any atom is -0.545 e. The molecular weight excluding hydrogens is 353 g/mol.